The maximum absolute atomic E-state index is 12.3. The number of thiophene rings is 1. The van der Waals surface area contributed by atoms with Gasteiger partial charge in [0.1, 0.15) is 4.21 Å². The summed E-state index contributed by atoms with van der Waals surface area (Å²) in [7, 11) is -3.34. The molecule has 4 aliphatic heterocycles. The summed E-state index contributed by atoms with van der Waals surface area (Å²) in [5.41, 5.74) is 0. The molecule has 0 aliphatic carbocycles. The van der Waals surface area contributed by atoms with Crippen LogP contribution in [0.5, 0.6) is 0 Å². The zero-order chi connectivity index (χ0) is 17.3. The van der Waals surface area contributed by atoms with Crippen LogP contribution in [-0.4, -0.2) is 63.5 Å². The maximum atomic E-state index is 12.3. The molecule has 4 fully saturated rings. The van der Waals surface area contributed by atoms with E-state index in [-0.39, 0.29) is 0 Å². The molecule has 1 N–H and O–H groups in total. The molecule has 5 nitrogen and oxygen atoms in total. The molecule has 7 heteroatoms. The predicted octanol–water partition coefficient (Wildman–Crippen LogP) is 2.22. The Morgan fingerprint density at radius 1 is 1.20 bits per heavy atom. The Bertz CT molecular complexity index is 656. The Morgan fingerprint density at radius 2 is 2.04 bits per heavy atom. The first-order valence-electron chi connectivity index (χ1n) is 9.61. The Balaban J connectivity index is 1.31. The van der Waals surface area contributed by atoms with Crippen LogP contribution in [0.1, 0.15) is 32.1 Å². The van der Waals surface area contributed by atoms with Gasteiger partial charge in [0.25, 0.3) is 0 Å². The summed E-state index contributed by atoms with van der Waals surface area (Å²) in [5, 5.41) is 1.81. The summed E-state index contributed by atoms with van der Waals surface area (Å²) >= 11 is 1.28. The molecule has 1 aromatic heterocycles. The standard InChI is InChI=1S/C18H29N3O2S2/c22-25(23,18-5-4-10-24-18)19-12-17-11-15-6-9-21(17)14-16(15)13-20-7-2-1-3-8-20/h4-5,10,15-17,19H,1-3,6-9,11-14H2. The highest BCUT2D eigenvalue weighted by atomic mass is 32.2. The number of fused-ring (bicyclic) bond motifs is 3. The molecule has 4 unspecified atom stereocenters. The molecule has 0 amide bonds. The minimum Gasteiger partial charge on any atom is -0.303 e. The monoisotopic (exact) mass is 383 g/mol. The second kappa shape index (κ2) is 7.64. The summed E-state index contributed by atoms with van der Waals surface area (Å²) in [6, 6.07) is 3.83. The highest BCUT2D eigenvalue weighted by Gasteiger charge is 2.40. The van der Waals surface area contributed by atoms with Crippen molar-refractivity contribution in [1.82, 2.24) is 14.5 Å². The molecule has 4 saturated heterocycles. The molecule has 0 aromatic carbocycles. The average molecular weight is 384 g/mol. The third kappa shape index (κ3) is 4.11. The maximum Gasteiger partial charge on any atom is 0.250 e. The van der Waals surface area contributed by atoms with Gasteiger partial charge in [-0.05, 0) is 68.6 Å². The fourth-order valence-corrected chi connectivity index (χ4v) is 6.95. The summed E-state index contributed by atoms with van der Waals surface area (Å²) < 4.78 is 28.0. The molecular formula is C18H29N3O2S2. The summed E-state index contributed by atoms with van der Waals surface area (Å²) in [6.45, 7) is 6.61. The second-order valence-corrected chi connectivity index (χ2v) is 10.8. The number of hydrogen-bond acceptors (Lipinski definition) is 5. The van der Waals surface area contributed by atoms with E-state index in [1.165, 1.54) is 56.7 Å². The average Bonchev–Trinajstić information content (AvgIpc) is 3.17. The van der Waals surface area contributed by atoms with Crippen LogP contribution in [0.25, 0.3) is 0 Å². The molecule has 5 rings (SSSR count). The van der Waals surface area contributed by atoms with Gasteiger partial charge in [0.2, 0.25) is 10.0 Å². The Morgan fingerprint density at radius 3 is 2.72 bits per heavy atom. The van der Waals surface area contributed by atoms with Crippen LogP contribution in [0, 0.1) is 11.8 Å². The molecule has 25 heavy (non-hydrogen) atoms. The molecule has 1 aromatic rings. The molecule has 5 heterocycles. The van der Waals surface area contributed by atoms with E-state index in [0.29, 0.717) is 16.8 Å². The van der Waals surface area contributed by atoms with E-state index in [0.717, 1.165) is 31.3 Å². The summed E-state index contributed by atoms with van der Waals surface area (Å²) in [5.74, 6) is 1.54. The number of nitrogens with one attached hydrogen (secondary N) is 1. The lowest BCUT2D eigenvalue weighted by Crippen LogP contribution is -2.58. The van der Waals surface area contributed by atoms with Gasteiger partial charge in [-0.1, -0.05) is 12.5 Å². The van der Waals surface area contributed by atoms with E-state index >= 15 is 0 Å². The van der Waals surface area contributed by atoms with Crippen molar-refractivity contribution in [1.29, 1.82) is 0 Å². The van der Waals surface area contributed by atoms with E-state index in [2.05, 4.69) is 14.5 Å². The number of rotatable bonds is 6. The SMILES string of the molecule is O=S(=O)(NCC1CC2CCN1CC2CN1CCCCC1)c1cccs1. The highest BCUT2D eigenvalue weighted by Crippen LogP contribution is 2.37. The minimum atomic E-state index is -3.34. The van der Waals surface area contributed by atoms with Gasteiger partial charge in [-0.2, -0.15) is 0 Å². The van der Waals surface area contributed by atoms with Crippen molar-refractivity contribution in [2.45, 2.75) is 42.4 Å². The fourth-order valence-electron chi connectivity index (χ4n) is 4.84. The lowest BCUT2D eigenvalue weighted by Gasteiger charge is -2.51. The topological polar surface area (TPSA) is 52.7 Å². The van der Waals surface area contributed by atoms with Crippen LogP contribution >= 0.6 is 11.3 Å². The number of likely N-dealkylation sites (tertiary alicyclic amines) is 1. The summed E-state index contributed by atoms with van der Waals surface area (Å²) in [6.07, 6.45) is 6.53. The van der Waals surface area contributed by atoms with E-state index in [9.17, 15) is 8.42 Å². The van der Waals surface area contributed by atoms with Gasteiger partial charge in [0, 0.05) is 25.7 Å². The fraction of sp³-hybridized carbons (Fsp3) is 0.778. The summed E-state index contributed by atoms with van der Waals surface area (Å²) in [4.78, 5) is 5.19. The molecule has 0 radical (unpaired) electrons. The molecular weight excluding hydrogens is 354 g/mol. The van der Waals surface area contributed by atoms with Crippen molar-refractivity contribution >= 4 is 21.4 Å². The first-order chi connectivity index (χ1) is 12.1. The van der Waals surface area contributed by atoms with Crippen LogP contribution in [0.4, 0.5) is 0 Å². The molecule has 0 saturated carbocycles. The molecule has 140 valence electrons. The van der Waals surface area contributed by atoms with Crippen molar-refractivity contribution < 1.29 is 8.42 Å². The molecule has 2 bridgehead atoms. The van der Waals surface area contributed by atoms with Crippen molar-refractivity contribution in [2.75, 3.05) is 39.3 Å². The van der Waals surface area contributed by atoms with Crippen molar-refractivity contribution in [2.24, 2.45) is 11.8 Å². The zero-order valence-electron chi connectivity index (χ0n) is 14.8. The van der Waals surface area contributed by atoms with Gasteiger partial charge in [0.15, 0.2) is 0 Å². The third-order valence-electron chi connectivity index (χ3n) is 6.22. The largest absolute Gasteiger partial charge is 0.303 e. The Hall–Kier alpha value is -0.470. The zero-order valence-corrected chi connectivity index (χ0v) is 16.4. The number of sulfonamides is 1. The minimum absolute atomic E-state index is 0.367. The first-order valence-corrected chi connectivity index (χ1v) is 12.0. The van der Waals surface area contributed by atoms with E-state index in [4.69, 9.17) is 0 Å². The van der Waals surface area contributed by atoms with Crippen LogP contribution in [-0.2, 0) is 10.0 Å². The number of nitrogens with zero attached hydrogens (tertiary/aromatic N) is 2. The van der Waals surface area contributed by atoms with Crippen LogP contribution < -0.4 is 4.72 Å². The van der Waals surface area contributed by atoms with Crippen LogP contribution in [0.15, 0.2) is 21.7 Å². The van der Waals surface area contributed by atoms with Gasteiger partial charge >= 0.3 is 0 Å². The van der Waals surface area contributed by atoms with Gasteiger partial charge in [0.05, 0.1) is 0 Å². The number of piperidine rings is 4. The second-order valence-electron chi connectivity index (χ2n) is 7.84. The van der Waals surface area contributed by atoms with Gasteiger partial charge < -0.3 is 4.90 Å². The first kappa shape index (κ1) is 17.9. The normalized spacial score (nSPS) is 33.6. The quantitative estimate of drug-likeness (QED) is 0.818. The Labute approximate surface area is 155 Å². The molecule has 4 atom stereocenters. The third-order valence-corrected chi connectivity index (χ3v) is 9.05. The van der Waals surface area contributed by atoms with Gasteiger partial charge in [-0.15, -0.1) is 11.3 Å². The lowest BCUT2D eigenvalue weighted by atomic mass is 9.75. The lowest BCUT2D eigenvalue weighted by molar-refractivity contribution is -0.0122. The van der Waals surface area contributed by atoms with Gasteiger partial charge in [-0.3, -0.25) is 4.90 Å². The Kier molecular flexibility index (Phi) is 5.48. The molecule has 0 spiro atoms. The van der Waals surface area contributed by atoms with Crippen molar-refractivity contribution in [3.63, 3.8) is 0 Å². The van der Waals surface area contributed by atoms with E-state index in [1.54, 1.807) is 12.1 Å². The van der Waals surface area contributed by atoms with Crippen molar-refractivity contribution in [3.8, 4) is 0 Å². The molecule has 4 aliphatic rings. The van der Waals surface area contributed by atoms with Crippen LogP contribution in [0.3, 0.4) is 0 Å². The van der Waals surface area contributed by atoms with Crippen LogP contribution in [0.2, 0.25) is 0 Å². The smallest absolute Gasteiger partial charge is 0.250 e. The van der Waals surface area contributed by atoms with Gasteiger partial charge in [-0.25, -0.2) is 13.1 Å². The number of hydrogen-bond donors (Lipinski definition) is 1. The van der Waals surface area contributed by atoms with E-state index in [1.807, 2.05) is 5.38 Å². The highest BCUT2D eigenvalue weighted by molar-refractivity contribution is 7.91. The predicted molar refractivity (Wildman–Crippen MR) is 101 cm³/mol. The van der Waals surface area contributed by atoms with E-state index < -0.39 is 10.0 Å². The van der Waals surface area contributed by atoms with Crippen molar-refractivity contribution in [3.05, 3.63) is 17.5 Å².